The molecule has 7 rings (SSSR count). The zero-order chi connectivity index (χ0) is 54.5. The highest BCUT2D eigenvalue weighted by atomic mass is 16.6. The summed E-state index contributed by atoms with van der Waals surface area (Å²) in [6, 6.07) is 7.66. The van der Waals surface area contributed by atoms with E-state index in [0.717, 1.165) is 36.3 Å². The molecule has 7 N–H and O–H groups in total. The number of nitrogens with one attached hydrogen (secondary N) is 5. The number of amides is 8. The van der Waals surface area contributed by atoms with Crippen molar-refractivity contribution in [1.29, 1.82) is 0 Å². The van der Waals surface area contributed by atoms with Gasteiger partial charge in [0.15, 0.2) is 5.78 Å². The lowest BCUT2D eigenvalue weighted by Gasteiger charge is -2.35. The third-order valence-electron chi connectivity index (χ3n) is 13.8. The monoisotopic (exact) mass is 1050 g/mol. The first kappa shape index (κ1) is 55.5. The third-order valence-corrected chi connectivity index (χ3v) is 13.8. The number of nitrogens with zero attached hydrogens (tertiary/aromatic N) is 7. The summed E-state index contributed by atoms with van der Waals surface area (Å²) in [7, 11) is 0. The predicted octanol–water partition coefficient (Wildman–Crippen LogP) is 4.51. The zero-order valence-electron chi connectivity index (χ0n) is 43.4. The second-order valence-corrected chi connectivity index (χ2v) is 19.6. The molecule has 1 saturated carbocycles. The molecule has 23 nitrogen and oxygen atoms in total. The number of carbonyl (C=O) groups is 8. The van der Waals surface area contributed by atoms with Crippen molar-refractivity contribution in [2.75, 3.05) is 54.8 Å². The number of aromatic nitrogens is 4. The lowest BCUT2D eigenvalue weighted by Crippen LogP contribution is -2.54. The average Bonchev–Trinajstić information content (AvgIpc) is 4.05. The SMILES string of the molecule is CC(=O)c1c(C)c2cnc(Nc3ccc(N4CCN(C(=O)OCc5ccc(NC(=O)[C@H](CCCNC(N)=O)NC(=O)[C@@H](NC(=O)CCCCCN6C(=O)C=CC6=O)C(C)C)cc5)CC4)cn3)nc2n(C2CCCC2)c1=O. The molecule has 2 aliphatic heterocycles. The van der Waals surface area contributed by atoms with E-state index in [1.165, 1.54) is 19.1 Å². The lowest BCUT2D eigenvalue weighted by molar-refractivity contribution is -0.137. The predicted molar refractivity (Wildman–Crippen MR) is 282 cm³/mol. The second-order valence-electron chi connectivity index (χ2n) is 19.6. The largest absolute Gasteiger partial charge is 0.445 e. The van der Waals surface area contributed by atoms with Crippen LogP contribution in [-0.4, -0.2) is 128 Å². The minimum atomic E-state index is -1.05. The molecule has 0 unspecified atom stereocenters. The van der Waals surface area contributed by atoms with E-state index in [4.69, 9.17) is 15.5 Å². The number of benzene rings is 1. The van der Waals surface area contributed by atoms with E-state index < -0.39 is 36.0 Å². The molecule has 3 aliphatic rings. The molecule has 76 heavy (non-hydrogen) atoms. The van der Waals surface area contributed by atoms with E-state index in [1.54, 1.807) is 66.9 Å². The van der Waals surface area contributed by atoms with Crippen LogP contribution in [0.15, 0.2) is 65.7 Å². The highest BCUT2D eigenvalue weighted by Crippen LogP contribution is 2.32. The van der Waals surface area contributed by atoms with Gasteiger partial charge >= 0.3 is 12.1 Å². The summed E-state index contributed by atoms with van der Waals surface area (Å²) in [5.74, 6) is -2.00. The van der Waals surface area contributed by atoms with Crippen LogP contribution in [0.3, 0.4) is 0 Å². The van der Waals surface area contributed by atoms with Gasteiger partial charge in [0.1, 0.15) is 30.2 Å². The van der Waals surface area contributed by atoms with Crippen LogP contribution in [0.5, 0.6) is 0 Å². The number of ether oxygens (including phenoxy) is 1. The van der Waals surface area contributed by atoms with Gasteiger partial charge in [-0.25, -0.2) is 19.6 Å². The van der Waals surface area contributed by atoms with Crippen LogP contribution in [0, 0.1) is 12.8 Å². The molecule has 1 aromatic carbocycles. The van der Waals surface area contributed by atoms with Gasteiger partial charge in [-0.2, -0.15) is 4.98 Å². The molecule has 5 heterocycles. The molecule has 8 amide bonds. The van der Waals surface area contributed by atoms with Gasteiger partial charge in [0.2, 0.25) is 23.7 Å². The molecule has 23 heteroatoms. The van der Waals surface area contributed by atoms with Crippen molar-refractivity contribution in [2.45, 2.75) is 117 Å². The van der Waals surface area contributed by atoms with Crippen molar-refractivity contribution in [3.63, 3.8) is 0 Å². The van der Waals surface area contributed by atoms with Gasteiger partial charge in [-0.3, -0.25) is 43.0 Å². The number of pyridine rings is 2. The average molecular weight is 1050 g/mol. The van der Waals surface area contributed by atoms with Crippen LogP contribution >= 0.6 is 0 Å². The highest BCUT2D eigenvalue weighted by Gasteiger charge is 2.30. The summed E-state index contributed by atoms with van der Waals surface area (Å²) in [6.45, 7) is 9.00. The standard InChI is InChI=1S/C53H67N13O10/c1-32(2)46(61-42(68)14-6-5-9-24-65-43(69)21-22-44(65)70)49(72)59-40(13-10-23-55-51(54)74)48(71)58-36-17-15-35(16-18-36)31-76-53(75)64-27-25-63(26-28-64)38-19-20-41(56-29-38)60-52-57-30-39-33(3)45(34(4)67)50(73)66(47(39)62-52)37-11-7-8-12-37/h15-22,29-30,32,37,40,46H,5-14,23-28,31H2,1-4H3,(H,58,71)(H,59,72)(H,61,68)(H3,54,55,74)(H,56,57,60,62)/t40-,46-/m0/s1. The van der Waals surface area contributed by atoms with Gasteiger partial charge in [-0.1, -0.05) is 45.2 Å². The summed E-state index contributed by atoms with van der Waals surface area (Å²) in [6.07, 6.45) is 11.2. The Kier molecular flexibility index (Phi) is 18.9. The van der Waals surface area contributed by atoms with Gasteiger partial charge in [-0.05, 0) is 93.7 Å². The number of carbonyl (C=O) groups excluding carboxylic acids is 8. The van der Waals surface area contributed by atoms with Crippen molar-refractivity contribution >= 4 is 81.6 Å². The number of rotatable bonds is 23. The van der Waals surface area contributed by atoms with Gasteiger partial charge in [0, 0.05) is 81.2 Å². The van der Waals surface area contributed by atoms with Crippen molar-refractivity contribution < 1.29 is 43.1 Å². The highest BCUT2D eigenvalue weighted by molar-refractivity contribution is 6.12. The van der Waals surface area contributed by atoms with Crippen LogP contribution in [-0.2, 0) is 35.3 Å². The minimum Gasteiger partial charge on any atom is -0.445 e. The van der Waals surface area contributed by atoms with Crippen molar-refractivity contribution in [3.8, 4) is 0 Å². The maximum absolute atomic E-state index is 13.6. The van der Waals surface area contributed by atoms with Crippen molar-refractivity contribution in [1.82, 2.24) is 45.3 Å². The number of anilines is 4. The Morgan fingerprint density at radius 2 is 1.54 bits per heavy atom. The van der Waals surface area contributed by atoms with E-state index in [-0.39, 0.29) is 85.1 Å². The van der Waals surface area contributed by atoms with E-state index >= 15 is 0 Å². The Hall–Kier alpha value is -8.24. The fourth-order valence-electron chi connectivity index (χ4n) is 9.58. The number of piperazine rings is 1. The number of hydrogen-bond donors (Lipinski definition) is 6. The quantitative estimate of drug-likeness (QED) is 0.0338. The van der Waals surface area contributed by atoms with Gasteiger partial charge in [-0.15, -0.1) is 0 Å². The fraction of sp³-hybridized carbons (Fsp3) is 0.472. The van der Waals surface area contributed by atoms with Gasteiger partial charge in [0.25, 0.3) is 17.4 Å². The van der Waals surface area contributed by atoms with Gasteiger partial charge < -0.3 is 46.9 Å². The van der Waals surface area contributed by atoms with E-state index in [0.29, 0.717) is 85.5 Å². The first-order valence-corrected chi connectivity index (χ1v) is 25.9. The van der Waals surface area contributed by atoms with Gasteiger partial charge in [0.05, 0.1) is 17.4 Å². The maximum atomic E-state index is 13.6. The molecular formula is C53H67N13O10. The Bertz CT molecular complexity index is 2870. The number of Topliss-reactive ketones (excluding diaryl/α,β-unsaturated/α-hetero) is 1. The lowest BCUT2D eigenvalue weighted by atomic mass is 10.0. The van der Waals surface area contributed by atoms with Crippen LogP contribution in [0.25, 0.3) is 11.0 Å². The summed E-state index contributed by atoms with van der Waals surface area (Å²) in [5, 5.41) is 14.6. The number of unbranched alkanes of at least 4 members (excludes halogenated alkanes) is 2. The Balaban J connectivity index is 0.861. The Labute approximate surface area is 439 Å². The Morgan fingerprint density at radius 1 is 0.829 bits per heavy atom. The number of nitrogens with two attached hydrogens (primary N) is 1. The number of urea groups is 1. The molecule has 2 fully saturated rings. The normalized spacial score (nSPS) is 15.5. The third kappa shape index (κ3) is 14.3. The zero-order valence-corrected chi connectivity index (χ0v) is 43.4. The topological polar surface area (TPSA) is 302 Å². The first-order chi connectivity index (χ1) is 36.5. The van der Waals surface area contributed by atoms with Crippen LogP contribution in [0.2, 0.25) is 0 Å². The Morgan fingerprint density at radius 3 is 2.18 bits per heavy atom. The molecule has 3 aromatic heterocycles. The summed E-state index contributed by atoms with van der Waals surface area (Å²) >= 11 is 0. The number of imide groups is 1. The van der Waals surface area contributed by atoms with E-state index in [1.807, 2.05) is 12.1 Å². The van der Waals surface area contributed by atoms with Crippen molar-refractivity contribution in [2.24, 2.45) is 11.7 Å². The molecule has 1 saturated heterocycles. The summed E-state index contributed by atoms with van der Waals surface area (Å²) < 4.78 is 7.32. The number of hydrogen-bond acceptors (Lipinski definition) is 15. The second kappa shape index (κ2) is 25.8. The van der Waals surface area contributed by atoms with E-state index in [2.05, 4.69) is 41.5 Å². The molecule has 4 aromatic rings. The van der Waals surface area contributed by atoms with Crippen molar-refractivity contribution in [3.05, 3.63) is 88.0 Å². The molecule has 404 valence electrons. The van der Waals surface area contributed by atoms with Crippen LogP contribution in [0.4, 0.5) is 32.7 Å². The maximum Gasteiger partial charge on any atom is 0.410 e. The summed E-state index contributed by atoms with van der Waals surface area (Å²) in [4.78, 5) is 133. The first-order valence-electron chi connectivity index (χ1n) is 25.9. The van der Waals surface area contributed by atoms with Crippen LogP contribution in [0.1, 0.15) is 113 Å². The number of aryl methyl sites for hydroxylation is 1. The fourth-order valence-corrected chi connectivity index (χ4v) is 9.58. The van der Waals surface area contributed by atoms with Crippen LogP contribution < -0.4 is 42.8 Å². The molecular weight excluding hydrogens is 979 g/mol. The molecule has 0 bridgehead atoms. The molecule has 0 spiro atoms. The minimum absolute atomic E-state index is 0.0174. The molecule has 2 atom stereocenters. The number of fused-ring (bicyclic) bond motifs is 1. The number of ketones is 1. The summed E-state index contributed by atoms with van der Waals surface area (Å²) in [5.41, 5.74) is 8.07. The molecule has 0 radical (unpaired) electrons. The smallest absolute Gasteiger partial charge is 0.410 e. The van der Waals surface area contributed by atoms with E-state index in [9.17, 15) is 43.2 Å². The molecule has 1 aliphatic carbocycles. The number of primary amides is 1.